The summed E-state index contributed by atoms with van der Waals surface area (Å²) >= 11 is 0. The van der Waals surface area contributed by atoms with E-state index in [0.717, 1.165) is 5.56 Å². The molecular weight excluding hydrogens is 394 g/mol. The second kappa shape index (κ2) is 10.0. The molecule has 158 valence electrons. The number of aryl methyl sites for hydroxylation is 1. The van der Waals surface area contributed by atoms with E-state index < -0.39 is 35.9 Å². The van der Waals surface area contributed by atoms with Gasteiger partial charge in [-0.05, 0) is 49.2 Å². The van der Waals surface area contributed by atoms with Gasteiger partial charge >= 0.3 is 5.97 Å². The van der Waals surface area contributed by atoms with E-state index in [9.17, 15) is 24.5 Å². The summed E-state index contributed by atoms with van der Waals surface area (Å²) in [5.41, 5.74) is 1.41. The molecule has 2 aromatic carbocycles. The fourth-order valence-electron chi connectivity index (χ4n) is 2.48. The van der Waals surface area contributed by atoms with Crippen molar-refractivity contribution in [2.24, 2.45) is 0 Å². The van der Waals surface area contributed by atoms with Gasteiger partial charge in [0.05, 0.1) is 12.0 Å². The van der Waals surface area contributed by atoms with Crippen molar-refractivity contribution < 1.29 is 28.8 Å². The maximum absolute atomic E-state index is 12.1. The van der Waals surface area contributed by atoms with E-state index in [1.54, 1.807) is 32.0 Å². The number of ether oxygens (including phenoxy) is 2. The number of nitrogens with one attached hydrogen (secondary N) is 2. The van der Waals surface area contributed by atoms with Crippen LogP contribution < -0.4 is 15.4 Å². The van der Waals surface area contributed by atoms with E-state index in [2.05, 4.69) is 10.6 Å². The number of methoxy groups -OCH3 is 1. The zero-order valence-electron chi connectivity index (χ0n) is 16.7. The fraction of sp³-hybridized carbons (Fsp3) is 0.250. The third kappa shape index (κ3) is 5.77. The number of esters is 1. The topological polar surface area (TPSA) is 137 Å². The summed E-state index contributed by atoms with van der Waals surface area (Å²) in [6.07, 6.45) is 0. The SMILES string of the molecule is COc1ccc(C(=O)NCC(=O)OCC(=O)Nc2c([N+](=O)[O-])ccc(C)c2C)cc1. The number of nitrogens with zero attached hydrogens (tertiary/aromatic N) is 1. The average molecular weight is 415 g/mol. The minimum absolute atomic E-state index is 0.0499. The van der Waals surface area contributed by atoms with Crippen LogP contribution in [0.15, 0.2) is 36.4 Å². The lowest BCUT2D eigenvalue weighted by molar-refractivity contribution is -0.384. The Bertz CT molecular complexity index is 971. The van der Waals surface area contributed by atoms with Crippen LogP contribution in [0.2, 0.25) is 0 Å². The second-order valence-electron chi connectivity index (χ2n) is 6.28. The summed E-state index contributed by atoms with van der Waals surface area (Å²) in [7, 11) is 1.50. The first-order chi connectivity index (χ1) is 14.2. The molecule has 0 saturated carbocycles. The molecule has 2 rings (SSSR count). The minimum atomic E-state index is -0.831. The number of rotatable bonds is 8. The number of nitro benzene ring substituents is 1. The summed E-state index contributed by atoms with van der Waals surface area (Å²) in [4.78, 5) is 46.4. The largest absolute Gasteiger partial charge is 0.497 e. The van der Waals surface area contributed by atoms with E-state index in [4.69, 9.17) is 9.47 Å². The van der Waals surface area contributed by atoms with Crippen LogP contribution in [0.3, 0.4) is 0 Å². The van der Waals surface area contributed by atoms with Crippen LogP contribution in [0.5, 0.6) is 5.75 Å². The first-order valence-corrected chi connectivity index (χ1v) is 8.85. The lowest BCUT2D eigenvalue weighted by atomic mass is 10.1. The molecule has 0 heterocycles. The molecule has 0 aliphatic carbocycles. The fourth-order valence-corrected chi connectivity index (χ4v) is 2.48. The quantitative estimate of drug-likeness (QED) is 0.383. The van der Waals surface area contributed by atoms with Gasteiger partial charge in [-0.25, -0.2) is 0 Å². The molecule has 0 aromatic heterocycles. The highest BCUT2D eigenvalue weighted by molar-refractivity contribution is 5.97. The second-order valence-corrected chi connectivity index (χ2v) is 6.28. The van der Waals surface area contributed by atoms with Crippen molar-refractivity contribution in [1.29, 1.82) is 0 Å². The summed E-state index contributed by atoms with van der Waals surface area (Å²) in [6, 6.07) is 9.13. The van der Waals surface area contributed by atoms with Crippen molar-refractivity contribution in [2.45, 2.75) is 13.8 Å². The first-order valence-electron chi connectivity index (χ1n) is 8.85. The van der Waals surface area contributed by atoms with Gasteiger partial charge in [-0.3, -0.25) is 24.5 Å². The van der Waals surface area contributed by atoms with Crippen molar-refractivity contribution in [2.75, 3.05) is 25.6 Å². The minimum Gasteiger partial charge on any atom is -0.497 e. The Kier molecular flexibility index (Phi) is 7.45. The van der Waals surface area contributed by atoms with Crippen LogP contribution in [0.25, 0.3) is 0 Å². The monoisotopic (exact) mass is 415 g/mol. The number of nitro groups is 1. The molecule has 0 saturated heterocycles. The highest BCUT2D eigenvalue weighted by Gasteiger charge is 2.20. The summed E-state index contributed by atoms with van der Waals surface area (Å²) in [5.74, 6) is -1.48. The third-order valence-electron chi connectivity index (χ3n) is 4.28. The van der Waals surface area contributed by atoms with Crippen molar-refractivity contribution in [3.63, 3.8) is 0 Å². The Labute approximate surface area is 172 Å². The van der Waals surface area contributed by atoms with E-state index >= 15 is 0 Å². The Morgan fingerprint density at radius 3 is 2.33 bits per heavy atom. The molecule has 0 radical (unpaired) electrons. The molecule has 10 heteroatoms. The number of amides is 2. The molecular formula is C20H21N3O7. The molecule has 0 aliphatic heterocycles. The van der Waals surface area contributed by atoms with Gasteiger partial charge in [0.2, 0.25) is 0 Å². The summed E-state index contributed by atoms with van der Waals surface area (Å²) < 4.78 is 9.81. The molecule has 10 nitrogen and oxygen atoms in total. The lowest BCUT2D eigenvalue weighted by Gasteiger charge is -2.11. The van der Waals surface area contributed by atoms with Gasteiger partial charge in [0.15, 0.2) is 6.61 Å². The maximum atomic E-state index is 12.1. The average Bonchev–Trinajstić information content (AvgIpc) is 2.73. The van der Waals surface area contributed by atoms with Gasteiger partial charge in [0.1, 0.15) is 18.0 Å². The first kappa shape index (κ1) is 22.3. The summed E-state index contributed by atoms with van der Waals surface area (Å²) in [6.45, 7) is 2.29. The van der Waals surface area contributed by atoms with Crippen LogP contribution in [0.1, 0.15) is 21.5 Å². The van der Waals surface area contributed by atoms with Crippen LogP contribution >= 0.6 is 0 Å². The zero-order valence-corrected chi connectivity index (χ0v) is 16.7. The standard InChI is InChI=1S/C20H21N3O7/c1-12-4-9-16(23(27)28)19(13(12)2)22-17(24)11-30-18(25)10-21-20(26)14-5-7-15(29-3)8-6-14/h4-9H,10-11H2,1-3H3,(H,21,26)(H,22,24). The normalized spacial score (nSPS) is 10.1. The van der Waals surface area contributed by atoms with E-state index in [0.29, 0.717) is 16.9 Å². The molecule has 30 heavy (non-hydrogen) atoms. The van der Waals surface area contributed by atoms with E-state index in [-0.39, 0.29) is 11.4 Å². The lowest BCUT2D eigenvalue weighted by Crippen LogP contribution is -2.32. The molecule has 0 fully saturated rings. The van der Waals surface area contributed by atoms with Crippen LogP contribution in [0.4, 0.5) is 11.4 Å². The van der Waals surface area contributed by atoms with Crippen molar-refractivity contribution >= 4 is 29.2 Å². The van der Waals surface area contributed by atoms with Crippen LogP contribution in [-0.2, 0) is 14.3 Å². The maximum Gasteiger partial charge on any atom is 0.325 e. The van der Waals surface area contributed by atoms with Crippen molar-refractivity contribution in [1.82, 2.24) is 5.32 Å². The number of hydrogen-bond acceptors (Lipinski definition) is 7. The van der Waals surface area contributed by atoms with Crippen LogP contribution in [0, 0.1) is 24.0 Å². The van der Waals surface area contributed by atoms with Crippen LogP contribution in [-0.4, -0.2) is 43.0 Å². The van der Waals surface area contributed by atoms with Gasteiger partial charge in [0, 0.05) is 11.6 Å². The van der Waals surface area contributed by atoms with E-state index in [1.165, 1.54) is 25.3 Å². The van der Waals surface area contributed by atoms with Gasteiger partial charge in [-0.2, -0.15) is 0 Å². The number of hydrogen-bond donors (Lipinski definition) is 2. The molecule has 0 aliphatic rings. The Morgan fingerprint density at radius 2 is 1.73 bits per heavy atom. The zero-order chi connectivity index (χ0) is 22.3. The van der Waals surface area contributed by atoms with Gasteiger partial charge in [0.25, 0.3) is 17.5 Å². The third-order valence-corrected chi connectivity index (χ3v) is 4.28. The number of carbonyl (C=O) groups excluding carboxylic acids is 3. The smallest absolute Gasteiger partial charge is 0.325 e. The van der Waals surface area contributed by atoms with E-state index in [1.807, 2.05) is 0 Å². The number of carbonyl (C=O) groups is 3. The Morgan fingerprint density at radius 1 is 1.07 bits per heavy atom. The predicted molar refractivity (Wildman–Crippen MR) is 107 cm³/mol. The van der Waals surface area contributed by atoms with Crippen molar-refractivity contribution in [3.05, 3.63) is 63.2 Å². The molecule has 0 bridgehead atoms. The molecule has 2 amide bonds. The van der Waals surface area contributed by atoms with Gasteiger partial charge in [-0.15, -0.1) is 0 Å². The van der Waals surface area contributed by atoms with Gasteiger partial charge < -0.3 is 20.1 Å². The highest BCUT2D eigenvalue weighted by atomic mass is 16.6. The molecule has 0 atom stereocenters. The van der Waals surface area contributed by atoms with Gasteiger partial charge in [-0.1, -0.05) is 6.07 Å². The summed E-state index contributed by atoms with van der Waals surface area (Å²) in [5, 5.41) is 15.9. The Hall–Kier alpha value is -3.95. The molecule has 2 N–H and O–H groups in total. The molecule has 0 spiro atoms. The number of benzene rings is 2. The molecule has 0 unspecified atom stereocenters. The number of anilines is 1. The van der Waals surface area contributed by atoms with Crippen molar-refractivity contribution in [3.8, 4) is 5.75 Å². The molecule has 2 aromatic rings. The Balaban J connectivity index is 1.86. The predicted octanol–water partition coefficient (Wildman–Crippen LogP) is 2.13. The highest BCUT2D eigenvalue weighted by Crippen LogP contribution is 2.30.